The number of halogens is 2. The number of carbonyl (C=O) groups excluding carboxylic acids is 2. The molecule has 9 nitrogen and oxygen atoms in total. The van der Waals surface area contributed by atoms with Gasteiger partial charge in [0.15, 0.2) is 5.16 Å². The van der Waals surface area contributed by atoms with E-state index in [0.29, 0.717) is 30.6 Å². The molecule has 1 saturated heterocycles. The summed E-state index contributed by atoms with van der Waals surface area (Å²) in [5, 5.41) is 11.3. The maximum absolute atomic E-state index is 12.5. The van der Waals surface area contributed by atoms with Crippen molar-refractivity contribution in [2.24, 2.45) is 5.73 Å². The standard InChI is InChI=1S/C19H23F2N5O4S/c20-18(21)30-14-6-2-1-5-13(14)23-17(28)11-31-19-25-24-16(8-7-15(22)27)26(19)10-12-4-3-9-29-12/h1-2,5-6,12,18H,3-4,7-11H2,(H2,22,27)(H,23,28). The van der Waals surface area contributed by atoms with E-state index in [-0.39, 0.29) is 29.7 Å². The van der Waals surface area contributed by atoms with E-state index in [1.807, 2.05) is 4.57 Å². The van der Waals surface area contributed by atoms with Gasteiger partial charge in [-0.2, -0.15) is 8.78 Å². The van der Waals surface area contributed by atoms with E-state index in [0.717, 1.165) is 24.6 Å². The van der Waals surface area contributed by atoms with E-state index in [9.17, 15) is 18.4 Å². The number of anilines is 1. The smallest absolute Gasteiger partial charge is 0.387 e. The Kier molecular flexibility index (Phi) is 8.18. The molecule has 1 fully saturated rings. The van der Waals surface area contributed by atoms with Crippen molar-refractivity contribution >= 4 is 29.3 Å². The van der Waals surface area contributed by atoms with E-state index in [2.05, 4.69) is 20.3 Å². The van der Waals surface area contributed by atoms with Crippen LogP contribution >= 0.6 is 11.8 Å². The minimum absolute atomic E-state index is 0.00915. The highest BCUT2D eigenvalue weighted by molar-refractivity contribution is 7.99. The normalized spacial score (nSPS) is 15.9. The highest BCUT2D eigenvalue weighted by Gasteiger charge is 2.22. The molecule has 0 aliphatic carbocycles. The molecule has 1 unspecified atom stereocenters. The van der Waals surface area contributed by atoms with Gasteiger partial charge in [-0.15, -0.1) is 10.2 Å². The monoisotopic (exact) mass is 455 g/mol. The summed E-state index contributed by atoms with van der Waals surface area (Å²) < 4.78 is 37.0. The van der Waals surface area contributed by atoms with Crippen LogP contribution in [0, 0.1) is 0 Å². The van der Waals surface area contributed by atoms with Gasteiger partial charge in [0.1, 0.15) is 11.6 Å². The number of amides is 2. The molecule has 168 valence electrons. The number of thioether (sulfide) groups is 1. The van der Waals surface area contributed by atoms with Crippen molar-refractivity contribution in [1.82, 2.24) is 14.8 Å². The summed E-state index contributed by atoms with van der Waals surface area (Å²) in [5.74, 6) is -0.410. The highest BCUT2D eigenvalue weighted by Crippen LogP contribution is 2.26. The molecule has 1 aromatic carbocycles. The minimum atomic E-state index is -3.00. The molecule has 0 radical (unpaired) electrons. The van der Waals surface area contributed by atoms with Crippen LogP contribution in [0.15, 0.2) is 29.4 Å². The molecule has 12 heteroatoms. The average molecular weight is 455 g/mol. The van der Waals surface area contributed by atoms with Crippen molar-refractivity contribution in [2.75, 3.05) is 17.7 Å². The number of aromatic nitrogens is 3. The van der Waals surface area contributed by atoms with Crippen LogP contribution in [0.1, 0.15) is 25.1 Å². The lowest BCUT2D eigenvalue weighted by Gasteiger charge is -2.15. The van der Waals surface area contributed by atoms with E-state index in [1.54, 1.807) is 6.07 Å². The first-order valence-electron chi connectivity index (χ1n) is 9.71. The second-order valence-corrected chi connectivity index (χ2v) is 7.76. The van der Waals surface area contributed by atoms with Crippen LogP contribution in [0.4, 0.5) is 14.5 Å². The van der Waals surface area contributed by atoms with Gasteiger partial charge >= 0.3 is 6.61 Å². The molecule has 1 atom stereocenters. The molecule has 3 rings (SSSR count). The summed E-state index contributed by atoms with van der Waals surface area (Å²) in [4.78, 5) is 23.5. The summed E-state index contributed by atoms with van der Waals surface area (Å²) >= 11 is 1.15. The third kappa shape index (κ3) is 6.89. The van der Waals surface area contributed by atoms with Crippen molar-refractivity contribution < 1.29 is 27.8 Å². The van der Waals surface area contributed by atoms with Crippen LogP contribution in [0.5, 0.6) is 5.75 Å². The number of ether oxygens (including phenoxy) is 2. The SMILES string of the molecule is NC(=O)CCc1nnc(SCC(=O)Nc2ccccc2OC(F)F)n1CC1CCCO1. The zero-order valence-electron chi connectivity index (χ0n) is 16.6. The first kappa shape index (κ1) is 22.9. The molecule has 2 aromatic rings. The van der Waals surface area contributed by atoms with Gasteiger partial charge in [-0.1, -0.05) is 23.9 Å². The third-order valence-electron chi connectivity index (χ3n) is 4.51. The fourth-order valence-electron chi connectivity index (χ4n) is 3.11. The largest absolute Gasteiger partial charge is 0.433 e. The highest BCUT2D eigenvalue weighted by atomic mass is 32.2. The molecular weight excluding hydrogens is 432 g/mol. The summed E-state index contributed by atoms with van der Waals surface area (Å²) in [7, 11) is 0. The Morgan fingerprint density at radius 3 is 2.87 bits per heavy atom. The Labute approximate surface area is 181 Å². The predicted molar refractivity (Wildman–Crippen MR) is 109 cm³/mol. The maximum atomic E-state index is 12.5. The number of alkyl halides is 2. The van der Waals surface area contributed by atoms with Crippen molar-refractivity contribution in [3.05, 3.63) is 30.1 Å². The Balaban J connectivity index is 1.65. The fourth-order valence-corrected chi connectivity index (χ4v) is 3.87. The Bertz CT molecular complexity index is 905. The average Bonchev–Trinajstić information content (AvgIpc) is 3.36. The maximum Gasteiger partial charge on any atom is 0.387 e. The second kappa shape index (κ2) is 11.0. The number of nitrogens with two attached hydrogens (primary N) is 1. The van der Waals surface area contributed by atoms with Crippen molar-refractivity contribution in [3.63, 3.8) is 0 Å². The van der Waals surface area contributed by atoms with Crippen LogP contribution in [0.2, 0.25) is 0 Å². The Morgan fingerprint density at radius 1 is 1.35 bits per heavy atom. The van der Waals surface area contributed by atoms with Crippen LogP contribution in [0.3, 0.4) is 0 Å². The summed E-state index contributed by atoms with van der Waals surface area (Å²) in [5.41, 5.74) is 5.39. The van der Waals surface area contributed by atoms with Gasteiger partial charge in [0.2, 0.25) is 11.8 Å². The molecule has 3 N–H and O–H groups in total. The van der Waals surface area contributed by atoms with Gasteiger partial charge in [-0.3, -0.25) is 9.59 Å². The zero-order valence-corrected chi connectivity index (χ0v) is 17.4. The quantitative estimate of drug-likeness (QED) is 0.498. The lowest BCUT2D eigenvalue weighted by Crippen LogP contribution is -2.20. The van der Waals surface area contributed by atoms with Gasteiger partial charge in [0.25, 0.3) is 0 Å². The summed E-state index contributed by atoms with van der Waals surface area (Å²) in [6.45, 7) is -1.80. The van der Waals surface area contributed by atoms with Gasteiger partial charge < -0.3 is 25.1 Å². The summed E-state index contributed by atoms with van der Waals surface area (Å²) in [6, 6.07) is 5.95. The fraction of sp³-hybridized carbons (Fsp3) is 0.474. The molecule has 0 bridgehead atoms. The Hall–Kier alpha value is -2.73. The number of primary amides is 1. The zero-order chi connectivity index (χ0) is 22.2. The molecule has 1 aromatic heterocycles. The Morgan fingerprint density at radius 2 is 2.16 bits per heavy atom. The number of nitrogens with one attached hydrogen (secondary N) is 1. The molecule has 31 heavy (non-hydrogen) atoms. The number of hydrogen-bond donors (Lipinski definition) is 2. The first-order valence-corrected chi connectivity index (χ1v) is 10.7. The molecule has 2 heterocycles. The van der Waals surface area contributed by atoms with Gasteiger partial charge in [0.05, 0.1) is 24.1 Å². The number of nitrogens with zero attached hydrogens (tertiary/aromatic N) is 3. The topological polar surface area (TPSA) is 121 Å². The van der Waals surface area contributed by atoms with E-state index >= 15 is 0 Å². The lowest BCUT2D eigenvalue weighted by atomic mass is 10.2. The van der Waals surface area contributed by atoms with Crippen molar-refractivity contribution in [1.29, 1.82) is 0 Å². The number of benzene rings is 1. The van der Waals surface area contributed by atoms with Crippen molar-refractivity contribution in [3.8, 4) is 5.75 Å². The number of para-hydroxylation sites is 2. The molecule has 0 saturated carbocycles. The van der Waals surface area contributed by atoms with E-state index in [4.69, 9.17) is 10.5 Å². The molecule has 2 amide bonds. The van der Waals surface area contributed by atoms with Crippen LogP contribution in [-0.2, 0) is 27.3 Å². The van der Waals surface area contributed by atoms with Gasteiger partial charge in [-0.25, -0.2) is 0 Å². The molecule has 0 spiro atoms. The minimum Gasteiger partial charge on any atom is -0.433 e. The number of carbonyl (C=O) groups is 2. The van der Waals surface area contributed by atoms with Crippen LogP contribution < -0.4 is 15.8 Å². The van der Waals surface area contributed by atoms with Crippen LogP contribution in [-0.4, -0.2) is 51.7 Å². The van der Waals surface area contributed by atoms with Crippen molar-refractivity contribution in [2.45, 2.75) is 50.1 Å². The second-order valence-electron chi connectivity index (χ2n) is 6.82. The third-order valence-corrected chi connectivity index (χ3v) is 5.47. The molecule has 1 aliphatic rings. The predicted octanol–water partition coefficient (Wildman–Crippen LogP) is 2.21. The number of hydrogen-bond acceptors (Lipinski definition) is 7. The van der Waals surface area contributed by atoms with E-state index in [1.165, 1.54) is 18.2 Å². The van der Waals surface area contributed by atoms with Gasteiger partial charge in [-0.05, 0) is 25.0 Å². The first-order chi connectivity index (χ1) is 14.9. The van der Waals surface area contributed by atoms with Gasteiger partial charge in [0, 0.05) is 19.4 Å². The number of rotatable bonds is 11. The molecular formula is C19H23F2N5O4S. The lowest BCUT2D eigenvalue weighted by molar-refractivity contribution is -0.118. The molecule has 1 aliphatic heterocycles. The number of aryl methyl sites for hydroxylation is 1. The van der Waals surface area contributed by atoms with E-state index < -0.39 is 18.4 Å². The van der Waals surface area contributed by atoms with Crippen LogP contribution in [0.25, 0.3) is 0 Å². The summed E-state index contributed by atoms with van der Waals surface area (Å²) in [6.07, 6.45) is 2.35.